The number of carbonyl (C=O) groups excluding carboxylic acids is 1. The molecule has 2 atom stereocenters. The van der Waals surface area contributed by atoms with Crippen molar-refractivity contribution < 1.29 is 4.79 Å². The molecule has 0 saturated carbocycles. The predicted molar refractivity (Wildman–Crippen MR) is 57.8 cm³/mol. The van der Waals surface area contributed by atoms with Gasteiger partial charge >= 0.3 is 0 Å². The summed E-state index contributed by atoms with van der Waals surface area (Å²) >= 11 is 0. The van der Waals surface area contributed by atoms with Gasteiger partial charge < -0.3 is 10.6 Å². The van der Waals surface area contributed by atoms with Crippen molar-refractivity contribution in [3.8, 4) is 0 Å². The maximum atomic E-state index is 11.9. The third kappa shape index (κ3) is 2.58. The number of rotatable bonds is 2. The Morgan fingerprint density at radius 1 is 1.57 bits per heavy atom. The molecule has 1 aliphatic rings. The van der Waals surface area contributed by atoms with Crippen molar-refractivity contribution in [2.75, 3.05) is 13.1 Å². The number of hydrogen-bond donors (Lipinski definition) is 1. The molecule has 1 aliphatic heterocycles. The van der Waals surface area contributed by atoms with E-state index < -0.39 is 0 Å². The van der Waals surface area contributed by atoms with Crippen molar-refractivity contribution in [2.24, 2.45) is 11.7 Å². The van der Waals surface area contributed by atoms with Gasteiger partial charge in [-0.05, 0) is 20.3 Å². The summed E-state index contributed by atoms with van der Waals surface area (Å²) in [5.74, 6) is 0.116. The SMILES string of the molecule is CC1=CCN(C(=O)C(C)C(C)N)CC1. The fourth-order valence-electron chi connectivity index (χ4n) is 1.48. The first-order valence-electron chi connectivity index (χ1n) is 5.22. The topological polar surface area (TPSA) is 46.3 Å². The van der Waals surface area contributed by atoms with E-state index in [4.69, 9.17) is 5.73 Å². The first-order chi connectivity index (χ1) is 6.52. The molecule has 3 nitrogen and oxygen atoms in total. The molecule has 2 unspecified atom stereocenters. The number of nitrogens with two attached hydrogens (primary N) is 1. The monoisotopic (exact) mass is 196 g/mol. The fourth-order valence-corrected chi connectivity index (χ4v) is 1.48. The van der Waals surface area contributed by atoms with E-state index in [-0.39, 0.29) is 17.9 Å². The van der Waals surface area contributed by atoms with Gasteiger partial charge in [0.2, 0.25) is 5.91 Å². The maximum Gasteiger partial charge on any atom is 0.227 e. The van der Waals surface area contributed by atoms with Gasteiger partial charge in [-0.25, -0.2) is 0 Å². The molecule has 0 bridgehead atoms. The van der Waals surface area contributed by atoms with Crippen LogP contribution in [0.1, 0.15) is 27.2 Å². The van der Waals surface area contributed by atoms with Crippen LogP contribution in [-0.2, 0) is 4.79 Å². The standard InChI is InChI=1S/C11H20N2O/c1-8-4-6-13(7-5-8)11(14)9(2)10(3)12/h4,9-10H,5-7,12H2,1-3H3. The van der Waals surface area contributed by atoms with E-state index in [9.17, 15) is 4.79 Å². The molecule has 80 valence electrons. The molecular weight excluding hydrogens is 176 g/mol. The molecule has 0 fully saturated rings. The second-order valence-corrected chi connectivity index (χ2v) is 4.23. The summed E-state index contributed by atoms with van der Waals surface area (Å²) in [5, 5.41) is 0. The van der Waals surface area contributed by atoms with Crippen LogP contribution >= 0.6 is 0 Å². The second kappa shape index (κ2) is 4.60. The molecule has 0 saturated heterocycles. The minimum atomic E-state index is -0.0678. The van der Waals surface area contributed by atoms with E-state index in [1.165, 1.54) is 5.57 Å². The first kappa shape index (κ1) is 11.2. The highest BCUT2D eigenvalue weighted by atomic mass is 16.2. The summed E-state index contributed by atoms with van der Waals surface area (Å²) in [6.45, 7) is 7.49. The van der Waals surface area contributed by atoms with Crippen LogP contribution in [0.2, 0.25) is 0 Å². The van der Waals surface area contributed by atoms with E-state index in [1.54, 1.807) is 0 Å². The normalized spacial score (nSPS) is 21.4. The average Bonchev–Trinajstić information content (AvgIpc) is 2.16. The smallest absolute Gasteiger partial charge is 0.227 e. The van der Waals surface area contributed by atoms with Gasteiger partial charge in [0.1, 0.15) is 0 Å². The van der Waals surface area contributed by atoms with Crippen molar-refractivity contribution in [3.63, 3.8) is 0 Å². The summed E-state index contributed by atoms with van der Waals surface area (Å²) in [7, 11) is 0. The highest BCUT2D eigenvalue weighted by Gasteiger charge is 2.23. The van der Waals surface area contributed by atoms with Gasteiger partial charge in [0, 0.05) is 19.1 Å². The largest absolute Gasteiger partial charge is 0.338 e. The molecule has 0 aliphatic carbocycles. The van der Waals surface area contributed by atoms with Crippen LogP contribution in [0.5, 0.6) is 0 Å². The Labute approximate surface area is 86.0 Å². The Kier molecular flexibility index (Phi) is 3.69. The van der Waals surface area contributed by atoms with Crippen molar-refractivity contribution in [3.05, 3.63) is 11.6 Å². The number of amides is 1. The molecule has 0 aromatic carbocycles. The number of hydrogen-bond acceptors (Lipinski definition) is 2. The van der Waals surface area contributed by atoms with Gasteiger partial charge in [0.15, 0.2) is 0 Å². The predicted octanol–water partition coefficient (Wildman–Crippen LogP) is 1.15. The maximum absolute atomic E-state index is 11.9. The van der Waals surface area contributed by atoms with Crippen molar-refractivity contribution >= 4 is 5.91 Å². The average molecular weight is 196 g/mol. The van der Waals surface area contributed by atoms with Crippen LogP contribution < -0.4 is 5.73 Å². The number of nitrogens with zero attached hydrogens (tertiary/aromatic N) is 1. The lowest BCUT2D eigenvalue weighted by atomic mass is 10.0. The fraction of sp³-hybridized carbons (Fsp3) is 0.727. The van der Waals surface area contributed by atoms with Crippen molar-refractivity contribution in [2.45, 2.75) is 33.2 Å². The van der Waals surface area contributed by atoms with Gasteiger partial charge in [0.05, 0.1) is 5.92 Å². The molecule has 0 spiro atoms. The first-order valence-corrected chi connectivity index (χ1v) is 5.22. The van der Waals surface area contributed by atoms with Crippen molar-refractivity contribution in [1.29, 1.82) is 0 Å². The van der Waals surface area contributed by atoms with Crippen LogP contribution in [-0.4, -0.2) is 29.9 Å². The summed E-state index contributed by atoms with van der Waals surface area (Å²) < 4.78 is 0. The summed E-state index contributed by atoms with van der Waals surface area (Å²) in [6, 6.07) is -0.0606. The van der Waals surface area contributed by atoms with E-state index in [2.05, 4.69) is 13.0 Å². The molecule has 14 heavy (non-hydrogen) atoms. The zero-order chi connectivity index (χ0) is 10.7. The lowest BCUT2D eigenvalue weighted by molar-refractivity contribution is -0.135. The minimum Gasteiger partial charge on any atom is -0.338 e. The molecule has 1 amide bonds. The molecule has 0 radical (unpaired) electrons. The van der Waals surface area contributed by atoms with E-state index in [0.717, 1.165) is 19.5 Å². The van der Waals surface area contributed by atoms with Gasteiger partial charge in [-0.3, -0.25) is 4.79 Å². The Hall–Kier alpha value is -0.830. The van der Waals surface area contributed by atoms with Gasteiger partial charge in [0.25, 0.3) is 0 Å². The van der Waals surface area contributed by atoms with Gasteiger partial charge in [-0.2, -0.15) is 0 Å². The van der Waals surface area contributed by atoms with E-state index in [0.29, 0.717) is 0 Å². The summed E-state index contributed by atoms with van der Waals surface area (Å²) in [4.78, 5) is 13.8. The van der Waals surface area contributed by atoms with Gasteiger partial charge in [-0.15, -0.1) is 0 Å². The molecule has 0 aromatic rings. The van der Waals surface area contributed by atoms with Gasteiger partial charge in [-0.1, -0.05) is 18.6 Å². The lowest BCUT2D eigenvalue weighted by Crippen LogP contribution is -2.43. The van der Waals surface area contributed by atoms with Crippen molar-refractivity contribution in [1.82, 2.24) is 4.90 Å². The Bertz CT molecular complexity index is 246. The van der Waals surface area contributed by atoms with Crippen LogP contribution in [0.25, 0.3) is 0 Å². The molecule has 3 heteroatoms. The summed E-state index contributed by atoms with van der Waals surface area (Å²) in [6.07, 6.45) is 3.12. The molecular formula is C11H20N2O. The van der Waals surface area contributed by atoms with Crippen LogP contribution in [0.3, 0.4) is 0 Å². The van der Waals surface area contributed by atoms with Crippen LogP contribution in [0, 0.1) is 5.92 Å². The Balaban J connectivity index is 2.54. The highest BCUT2D eigenvalue weighted by Crippen LogP contribution is 2.13. The zero-order valence-electron chi connectivity index (χ0n) is 9.29. The summed E-state index contributed by atoms with van der Waals surface area (Å²) in [5.41, 5.74) is 7.09. The third-order valence-electron chi connectivity index (χ3n) is 2.93. The Morgan fingerprint density at radius 3 is 2.64 bits per heavy atom. The minimum absolute atomic E-state index is 0.0606. The second-order valence-electron chi connectivity index (χ2n) is 4.23. The molecule has 1 heterocycles. The van der Waals surface area contributed by atoms with E-state index >= 15 is 0 Å². The molecule has 2 N–H and O–H groups in total. The lowest BCUT2D eigenvalue weighted by Gasteiger charge is -2.29. The molecule has 1 rings (SSSR count). The highest BCUT2D eigenvalue weighted by molar-refractivity contribution is 5.79. The van der Waals surface area contributed by atoms with Crippen LogP contribution in [0.15, 0.2) is 11.6 Å². The zero-order valence-corrected chi connectivity index (χ0v) is 9.29. The van der Waals surface area contributed by atoms with E-state index in [1.807, 2.05) is 18.7 Å². The Morgan fingerprint density at radius 2 is 2.21 bits per heavy atom. The third-order valence-corrected chi connectivity index (χ3v) is 2.93. The van der Waals surface area contributed by atoms with Crippen LogP contribution in [0.4, 0.5) is 0 Å². The molecule has 0 aromatic heterocycles. The quantitative estimate of drug-likeness (QED) is 0.673. The number of carbonyl (C=O) groups is 1.